The van der Waals surface area contributed by atoms with E-state index >= 15 is 0 Å². The summed E-state index contributed by atoms with van der Waals surface area (Å²) in [6.07, 6.45) is 23.7. The van der Waals surface area contributed by atoms with E-state index in [1.807, 2.05) is 0 Å². The number of nitrogens with one attached hydrogen (secondary N) is 2. The lowest BCUT2D eigenvalue weighted by Crippen LogP contribution is -2.48. The number of hydrogen-bond donors (Lipinski definition) is 3. The molecule has 0 aliphatic rings. The van der Waals surface area contributed by atoms with Crippen molar-refractivity contribution in [2.45, 2.75) is 116 Å². The zero-order valence-corrected chi connectivity index (χ0v) is 24.5. The second-order valence-corrected chi connectivity index (χ2v) is 12.6. The minimum absolute atomic E-state index is 0.0479. The number of hydrogen-bond acceptors (Lipinski definition) is 5. The summed E-state index contributed by atoms with van der Waals surface area (Å²) >= 11 is 1.32. The van der Waals surface area contributed by atoms with Crippen LogP contribution in [0.2, 0.25) is 0 Å². The highest BCUT2D eigenvalue weighted by Crippen LogP contribution is 2.10. The summed E-state index contributed by atoms with van der Waals surface area (Å²) < 4.78 is 30.9. The number of carbonyl (C=O) groups is 2. The van der Waals surface area contributed by atoms with Gasteiger partial charge in [0.05, 0.1) is 23.5 Å². The van der Waals surface area contributed by atoms with Crippen molar-refractivity contribution in [3.8, 4) is 0 Å². The molecule has 0 aromatic rings. The van der Waals surface area contributed by atoms with Crippen LogP contribution >= 0.6 is 11.8 Å². The predicted molar refractivity (Wildman–Crippen MR) is 153 cm³/mol. The van der Waals surface area contributed by atoms with E-state index in [9.17, 15) is 18.0 Å². The molecule has 0 saturated carbocycles. The largest absolute Gasteiger partial charge is 0.355 e. The topological polar surface area (TPSA) is 113 Å². The zero-order chi connectivity index (χ0) is 27.1. The summed E-state index contributed by atoms with van der Waals surface area (Å²) in [4.78, 5) is 23.8. The Hall–Kier alpha value is -1.06. The van der Waals surface area contributed by atoms with E-state index in [2.05, 4.69) is 29.7 Å². The summed E-state index contributed by atoms with van der Waals surface area (Å²) in [5.74, 6) is -0.430. The fraction of sp³-hybridized carbons (Fsp3) is 0.815. The van der Waals surface area contributed by atoms with Crippen LogP contribution in [0.4, 0.5) is 0 Å². The number of carbonyl (C=O) groups excluding carboxylic acids is 2. The second kappa shape index (κ2) is 22.0. The van der Waals surface area contributed by atoms with Gasteiger partial charge in [-0.05, 0) is 46.0 Å². The number of allylic oxidation sites excluding steroid dienone is 2. The Labute approximate surface area is 225 Å². The summed E-state index contributed by atoms with van der Waals surface area (Å²) in [6, 6.07) is 0. The number of rotatable bonds is 24. The SMILES string of the molecule is CCCCCCCC/C=C/CCCCCCCCNC(=O)CSC[CH]C(=O)NC(C)(C)CS(=O)(=O)O. The van der Waals surface area contributed by atoms with Gasteiger partial charge >= 0.3 is 0 Å². The minimum Gasteiger partial charge on any atom is -0.355 e. The monoisotopic (exact) mass is 547 g/mol. The van der Waals surface area contributed by atoms with Gasteiger partial charge in [0.15, 0.2) is 0 Å². The van der Waals surface area contributed by atoms with E-state index in [1.54, 1.807) is 0 Å². The summed E-state index contributed by atoms with van der Waals surface area (Å²) in [7, 11) is -4.18. The summed E-state index contributed by atoms with van der Waals surface area (Å²) in [6.45, 7) is 5.96. The molecule has 7 nitrogen and oxygen atoms in total. The average Bonchev–Trinajstić information content (AvgIpc) is 2.76. The van der Waals surface area contributed by atoms with Crippen LogP contribution < -0.4 is 10.6 Å². The molecule has 3 N–H and O–H groups in total. The van der Waals surface area contributed by atoms with Gasteiger partial charge in [0.1, 0.15) is 0 Å². The van der Waals surface area contributed by atoms with Crippen molar-refractivity contribution in [1.82, 2.24) is 10.6 Å². The molecule has 0 atom stereocenters. The van der Waals surface area contributed by atoms with Crippen LogP contribution in [0.3, 0.4) is 0 Å². The van der Waals surface area contributed by atoms with Gasteiger partial charge in [0.25, 0.3) is 10.1 Å². The zero-order valence-electron chi connectivity index (χ0n) is 22.9. The maximum atomic E-state index is 11.9. The first kappa shape index (κ1) is 34.9. The van der Waals surface area contributed by atoms with Gasteiger partial charge in [-0.1, -0.05) is 76.9 Å². The van der Waals surface area contributed by atoms with Crippen LogP contribution in [-0.4, -0.2) is 54.1 Å². The van der Waals surface area contributed by atoms with Gasteiger partial charge in [-0.2, -0.15) is 20.2 Å². The van der Waals surface area contributed by atoms with Gasteiger partial charge in [-0.25, -0.2) is 0 Å². The van der Waals surface area contributed by atoms with Gasteiger partial charge in [-0.3, -0.25) is 14.1 Å². The van der Waals surface area contributed by atoms with Crippen molar-refractivity contribution in [3.05, 3.63) is 18.6 Å². The molecular formula is C27H51N2O5S2. The minimum atomic E-state index is -4.18. The molecule has 0 bridgehead atoms. The van der Waals surface area contributed by atoms with Crippen molar-refractivity contribution >= 4 is 33.7 Å². The lowest BCUT2D eigenvalue weighted by atomic mass is 10.1. The first-order chi connectivity index (χ1) is 17.1. The van der Waals surface area contributed by atoms with Crippen LogP contribution in [-0.2, 0) is 19.7 Å². The van der Waals surface area contributed by atoms with Crippen LogP contribution in [0.25, 0.3) is 0 Å². The number of amides is 2. The molecule has 0 spiro atoms. The maximum absolute atomic E-state index is 11.9. The Morgan fingerprint density at radius 3 is 1.94 bits per heavy atom. The van der Waals surface area contributed by atoms with Crippen molar-refractivity contribution in [1.29, 1.82) is 0 Å². The lowest BCUT2D eigenvalue weighted by Gasteiger charge is -2.24. The molecule has 0 aromatic heterocycles. The Kier molecular flexibility index (Phi) is 21.3. The molecular weight excluding hydrogens is 496 g/mol. The highest BCUT2D eigenvalue weighted by atomic mass is 32.2. The van der Waals surface area contributed by atoms with Gasteiger partial charge in [0.2, 0.25) is 11.8 Å². The van der Waals surface area contributed by atoms with Gasteiger partial charge < -0.3 is 10.6 Å². The van der Waals surface area contributed by atoms with Crippen molar-refractivity contribution in [3.63, 3.8) is 0 Å². The first-order valence-electron chi connectivity index (χ1n) is 13.7. The molecule has 0 heterocycles. The third-order valence-corrected chi connectivity index (χ3v) is 7.59. The Balaban J connectivity index is 3.50. The Morgan fingerprint density at radius 1 is 0.861 bits per heavy atom. The molecule has 9 heteroatoms. The lowest BCUT2D eigenvalue weighted by molar-refractivity contribution is -0.119. The van der Waals surface area contributed by atoms with Crippen molar-refractivity contribution < 1.29 is 22.6 Å². The number of unbranched alkanes of at least 4 members (excludes halogenated alkanes) is 12. The highest BCUT2D eigenvalue weighted by molar-refractivity contribution is 8.00. The Bertz CT molecular complexity index is 709. The normalized spacial score (nSPS) is 12.2. The van der Waals surface area contributed by atoms with Crippen LogP contribution in [0.1, 0.15) is 111 Å². The second-order valence-electron chi connectivity index (χ2n) is 10.1. The third-order valence-electron chi connectivity index (χ3n) is 5.64. The smallest absolute Gasteiger partial charge is 0.267 e. The molecule has 1 radical (unpaired) electrons. The van der Waals surface area contributed by atoms with E-state index in [-0.39, 0.29) is 11.7 Å². The average molecular weight is 548 g/mol. The maximum Gasteiger partial charge on any atom is 0.267 e. The molecule has 0 aromatic carbocycles. The molecule has 0 aliphatic heterocycles. The quantitative estimate of drug-likeness (QED) is 0.0792. The van der Waals surface area contributed by atoms with Crippen LogP contribution in [0.5, 0.6) is 0 Å². The molecule has 0 fully saturated rings. The fourth-order valence-corrected chi connectivity index (χ4v) is 5.47. The van der Waals surface area contributed by atoms with Gasteiger partial charge in [-0.15, -0.1) is 0 Å². The third kappa shape index (κ3) is 26.0. The summed E-state index contributed by atoms with van der Waals surface area (Å²) in [5.41, 5.74) is -1.08. The molecule has 2 amide bonds. The van der Waals surface area contributed by atoms with E-state index < -0.39 is 27.3 Å². The van der Waals surface area contributed by atoms with E-state index in [1.165, 1.54) is 109 Å². The predicted octanol–water partition coefficient (Wildman–Crippen LogP) is 5.86. The van der Waals surface area contributed by atoms with Crippen molar-refractivity contribution in [2.75, 3.05) is 23.8 Å². The number of thioether (sulfide) groups is 1. The van der Waals surface area contributed by atoms with Gasteiger partial charge in [0, 0.05) is 12.3 Å². The summed E-state index contributed by atoms with van der Waals surface area (Å²) in [5, 5.41) is 5.44. The first-order valence-corrected chi connectivity index (χ1v) is 16.4. The molecule has 211 valence electrons. The molecule has 0 aliphatic carbocycles. The molecule has 0 saturated heterocycles. The van der Waals surface area contributed by atoms with E-state index in [0.717, 1.165) is 12.8 Å². The van der Waals surface area contributed by atoms with E-state index in [0.29, 0.717) is 12.3 Å². The standard InChI is InChI=1S/C27H51N2O5S2/c1-4-5-6-7-8-9-10-11-12-13-14-15-16-17-18-19-21-28-26(31)23-35-22-20-25(30)29-27(2,3)24-36(32,33)34/h11-12,20H,4-10,13-19,21-24H2,1-3H3,(H,28,31)(H,29,30)(H,32,33,34)/b12-11+. The molecule has 0 unspecified atom stereocenters. The Morgan fingerprint density at radius 2 is 1.39 bits per heavy atom. The van der Waals surface area contributed by atoms with Crippen LogP contribution in [0, 0.1) is 6.42 Å². The van der Waals surface area contributed by atoms with Crippen LogP contribution in [0.15, 0.2) is 12.2 Å². The van der Waals surface area contributed by atoms with E-state index in [4.69, 9.17) is 4.55 Å². The molecule has 36 heavy (non-hydrogen) atoms. The highest BCUT2D eigenvalue weighted by Gasteiger charge is 2.26. The van der Waals surface area contributed by atoms with Crippen molar-refractivity contribution in [2.24, 2.45) is 0 Å². The fourth-order valence-electron chi connectivity index (χ4n) is 3.81. The molecule has 0 rings (SSSR count).